The molecular weight excluding hydrogens is 460 g/mol. The van der Waals surface area contributed by atoms with Crippen LogP contribution in [0.25, 0.3) is 0 Å². The molecule has 9 heteroatoms. The Kier molecular flexibility index (Phi) is 8.06. The van der Waals surface area contributed by atoms with Gasteiger partial charge in [0.1, 0.15) is 0 Å². The van der Waals surface area contributed by atoms with Crippen LogP contribution in [-0.4, -0.2) is 34.1 Å². The minimum Gasteiger partial charge on any atom is -0.493 e. The lowest BCUT2D eigenvalue weighted by atomic mass is 10.1. The third-order valence-electron chi connectivity index (χ3n) is 3.83. The number of rotatable bonds is 9. The zero-order valence-corrected chi connectivity index (χ0v) is 19.2. The van der Waals surface area contributed by atoms with Crippen LogP contribution in [0.2, 0.25) is 0 Å². The van der Waals surface area contributed by atoms with Crippen LogP contribution < -0.4 is 19.5 Å². The van der Waals surface area contributed by atoms with Crippen molar-refractivity contribution in [2.75, 3.05) is 13.7 Å². The summed E-state index contributed by atoms with van der Waals surface area (Å²) in [6.07, 6.45) is 0. The highest BCUT2D eigenvalue weighted by Crippen LogP contribution is 2.36. The number of halogens is 1. The molecule has 0 saturated carbocycles. The number of ether oxygens (including phenoxy) is 2. The Morgan fingerprint density at radius 2 is 1.93 bits per heavy atom. The van der Waals surface area contributed by atoms with Gasteiger partial charge in [-0.1, -0.05) is 12.1 Å². The van der Waals surface area contributed by atoms with E-state index < -0.39 is 10.0 Å². The Morgan fingerprint density at radius 1 is 1.21 bits per heavy atom. The minimum absolute atomic E-state index is 0.156. The average molecular weight is 485 g/mol. The zero-order chi connectivity index (χ0) is 21.6. The van der Waals surface area contributed by atoms with E-state index in [2.05, 4.69) is 26.0 Å². The molecule has 0 aliphatic carbocycles. The molecular formula is C20H25BrN2O5S. The third-order valence-corrected chi connectivity index (χ3v) is 6.08. The monoisotopic (exact) mass is 484 g/mol. The van der Waals surface area contributed by atoms with E-state index in [4.69, 9.17) is 9.47 Å². The molecule has 0 heterocycles. The maximum Gasteiger partial charge on any atom is 0.251 e. The maximum atomic E-state index is 12.6. The van der Waals surface area contributed by atoms with Crippen molar-refractivity contribution < 1.29 is 22.7 Å². The van der Waals surface area contributed by atoms with Crippen molar-refractivity contribution in [3.8, 4) is 11.5 Å². The van der Waals surface area contributed by atoms with E-state index in [0.717, 1.165) is 0 Å². The fourth-order valence-electron chi connectivity index (χ4n) is 2.62. The summed E-state index contributed by atoms with van der Waals surface area (Å²) < 4.78 is 38.6. The number of nitrogens with one attached hydrogen (secondary N) is 2. The van der Waals surface area contributed by atoms with Crippen LogP contribution in [-0.2, 0) is 16.6 Å². The Balaban J connectivity index is 2.16. The molecule has 158 valence electrons. The van der Waals surface area contributed by atoms with Crippen molar-refractivity contribution >= 4 is 31.9 Å². The molecule has 0 aliphatic rings. The predicted molar refractivity (Wildman–Crippen MR) is 115 cm³/mol. The molecule has 2 aromatic carbocycles. The molecule has 1 amide bonds. The van der Waals surface area contributed by atoms with E-state index in [1.165, 1.54) is 13.2 Å². The van der Waals surface area contributed by atoms with Gasteiger partial charge >= 0.3 is 0 Å². The lowest BCUT2D eigenvalue weighted by Crippen LogP contribution is -2.30. The Morgan fingerprint density at radius 3 is 2.55 bits per heavy atom. The van der Waals surface area contributed by atoms with Crippen molar-refractivity contribution in [3.05, 3.63) is 52.0 Å². The molecule has 29 heavy (non-hydrogen) atoms. The maximum absolute atomic E-state index is 12.6. The van der Waals surface area contributed by atoms with Crippen molar-refractivity contribution in [2.45, 2.75) is 38.3 Å². The second kappa shape index (κ2) is 10.1. The number of amides is 1. The molecule has 0 aliphatic heterocycles. The highest BCUT2D eigenvalue weighted by atomic mass is 79.9. The van der Waals surface area contributed by atoms with Gasteiger partial charge in [-0.05, 0) is 66.5 Å². The largest absolute Gasteiger partial charge is 0.493 e. The lowest BCUT2D eigenvalue weighted by Gasteiger charge is -2.14. The van der Waals surface area contributed by atoms with Crippen molar-refractivity contribution in [1.82, 2.24) is 10.0 Å². The molecule has 0 atom stereocenters. The van der Waals surface area contributed by atoms with E-state index in [-0.39, 0.29) is 23.4 Å². The molecule has 0 aromatic heterocycles. The van der Waals surface area contributed by atoms with Crippen LogP contribution >= 0.6 is 15.9 Å². The molecule has 7 nitrogen and oxygen atoms in total. The van der Waals surface area contributed by atoms with Gasteiger partial charge in [0, 0.05) is 18.2 Å². The normalized spacial score (nSPS) is 11.4. The smallest absolute Gasteiger partial charge is 0.251 e. The van der Waals surface area contributed by atoms with Crippen molar-refractivity contribution in [3.63, 3.8) is 0 Å². The van der Waals surface area contributed by atoms with E-state index in [1.807, 2.05) is 6.92 Å². The van der Waals surface area contributed by atoms with Crippen LogP contribution in [0.1, 0.15) is 36.7 Å². The summed E-state index contributed by atoms with van der Waals surface area (Å²) in [5.41, 5.74) is 1.06. The van der Waals surface area contributed by atoms with Gasteiger partial charge < -0.3 is 14.8 Å². The van der Waals surface area contributed by atoms with Gasteiger partial charge in [0.05, 0.1) is 23.1 Å². The van der Waals surface area contributed by atoms with Crippen LogP contribution in [0.4, 0.5) is 0 Å². The van der Waals surface area contributed by atoms with Gasteiger partial charge in [0.2, 0.25) is 10.0 Å². The number of hydrogen-bond donors (Lipinski definition) is 2. The fourth-order valence-corrected chi connectivity index (χ4v) is 4.50. The van der Waals surface area contributed by atoms with Gasteiger partial charge in [-0.15, -0.1) is 0 Å². The first kappa shape index (κ1) is 23.2. The van der Waals surface area contributed by atoms with Gasteiger partial charge in [0.25, 0.3) is 5.91 Å². The molecule has 0 spiro atoms. The summed E-state index contributed by atoms with van der Waals surface area (Å²) in [6, 6.07) is 9.49. The fraction of sp³-hybridized carbons (Fsp3) is 0.350. The van der Waals surface area contributed by atoms with E-state index >= 15 is 0 Å². The average Bonchev–Trinajstić information content (AvgIpc) is 2.66. The predicted octanol–water partition coefficient (Wildman–Crippen LogP) is 3.47. The molecule has 0 fully saturated rings. The van der Waals surface area contributed by atoms with Crippen molar-refractivity contribution in [1.29, 1.82) is 0 Å². The topological polar surface area (TPSA) is 93.7 Å². The first-order chi connectivity index (χ1) is 13.7. The quantitative estimate of drug-likeness (QED) is 0.568. The number of methoxy groups -OCH3 is 1. The zero-order valence-electron chi connectivity index (χ0n) is 16.8. The molecule has 0 unspecified atom stereocenters. The van der Waals surface area contributed by atoms with Gasteiger partial charge in [-0.3, -0.25) is 4.79 Å². The summed E-state index contributed by atoms with van der Waals surface area (Å²) in [4.78, 5) is 12.7. The molecule has 0 bridgehead atoms. The first-order valence-electron chi connectivity index (χ1n) is 9.07. The van der Waals surface area contributed by atoms with Crippen LogP contribution in [0.5, 0.6) is 11.5 Å². The second-order valence-corrected chi connectivity index (χ2v) is 9.10. The standard InChI is InChI=1S/C20H25BrN2O5S/c1-5-28-19-17(21)10-15(11-18(19)27-4)20(24)22-12-14-7-6-8-16(9-14)29(25,26)23-13(2)3/h6-11,13,23H,5,12H2,1-4H3,(H,22,24). The Bertz CT molecular complexity index is 977. The summed E-state index contributed by atoms with van der Waals surface area (Å²) in [5, 5.41) is 2.79. The highest BCUT2D eigenvalue weighted by Gasteiger charge is 2.17. The Hall–Kier alpha value is -2.10. The summed E-state index contributed by atoms with van der Waals surface area (Å²) in [5.74, 6) is 0.655. The lowest BCUT2D eigenvalue weighted by molar-refractivity contribution is 0.0950. The van der Waals surface area contributed by atoms with Crippen LogP contribution in [0.15, 0.2) is 45.8 Å². The van der Waals surface area contributed by atoms with Gasteiger partial charge in [0.15, 0.2) is 11.5 Å². The van der Waals surface area contributed by atoms with Crippen LogP contribution in [0.3, 0.4) is 0 Å². The summed E-state index contributed by atoms with van der Waals surface area (Å²) >= 11 is 3.40. The number of hydrogen-bond acceptors (Lipinski definition) is 5. The molecule has 0 radical (unpaired) electrons. The number of sulfonamides is 1. The van der Waals surface area contributed by atoms with E-state index in [0.29, 0.717) is 33.7 Å². The number of benzene rings is 2. The van der Waals surface area contributed by atoms with Gasteiger partial charge in [-0.25, -0.2) is 13.1 Å². The SMILES string of the molecule is CCOc1c(Br)cc(C(=O)NCc2cccc(S(=O)(=O)NC(C)C)c2)cc1OC. The molecule has 0 saturated heterocycles. The number of carbonyl (C=O) groups excluding carboxylic acids is 1. The van der Waals surface area contributed by atoms with Gasteiger partial charge in [-0.2, -0.15) is 0 Å². The summed E-state index contributed by atoms with van der Waals surface area (Å²) in [6.45, 7) is 6.01. The molecule has 2 rings (SSSR count). The molecule has 2 aromatic rings. The third kappa shape index (κ3) is 6.19. The van der Waals surface area contributed by atoms with E-state index in [1.54, 1.807) is 44.2 Å². The Labute approximate surface area is 180 Å². The second-order valence-electron chi connectivity index (χ2n) is 6.53. The molecule has 2 N–H and O–H groups in total. The summed E-state index contributed by atoms with van der Waals surface area (Å²) in [7, 11) is -2.09. The van der Waals surface area contributed by atoms with E-state index in [9.17, 15) is 13.2 Å². The number of carbonyl (C=O) groups is 1. The van der Waals surface area contributed by atoms with Crippen molar-refractivity contribution in [2.24, 2.45) is 0 Å². The first-order valence-corrected chi connectivity index (χ1v) is 11.3. The minimum atomic E-state index is -3.60. The van der Waals surface area contributed by atoms with Crippen LogP contribution in [0, 0.1) is 0 Å². The highest BCUT2D eigenvalue weighted by molar-refractivity contribution is 9.10.